The summed E-state index contributed by atoms with van der Waals surface area (Å²) in [6, 6.07) is 4.65. The normalized spacial score (nSPS) is 15.4. The summed E-state index contributed by atoms with van der Waals surface area (Å²) >= 11 is 0. The summed E-state index contributed by atoms with van der Waals surface area (Å²) < 4.78 is 5.66. The van der Waals surface area contributed by atoms with Gasteiger partial charge >= 0.3 is 5.97 Å². The largest absolute Gasteiger partial charge is 0.494 e. The molecule has 3 N–H and O–H groups in total. The highest BCUT2D eigenvalue weighted by atomic mass is 16.5. The molecular weight excluding hydrogens is 336 g/mol. The van der Waals surface area contributed by atoms with Gasteiger partial charge in [-0.05, 0) is 42.5 Å². The quantitative estimate of drug-likeness (QED) is 0.585. The summed E-state index contributed by atoms with van der Waals surface area (Å²) in [5.41, 5.74) is 1.86. The molecule has 1 aliphatic rings. The molecule has 0 spiro atoms. The molecule has 1 heterocycles. The first-order valence-electron chi connectivity index (χ1n) is 8.98. The number of fused-ring (bicyclic) bond motifs is 1. The van der Waals surface area contributed by atoms with Crippen LogP contribution in [0.2, 0.25) is 0 Å². The van der Waals surface area contributed by atoms with Crippen LogP contribution in [-0.2, 0) is 20.8 Å². The lowest BCUT2D eigenvalue weighted by molar-refractivity contribution is -0.143. The van der Waals surface area contributed by atoms with E-state index in [4.69, 9.17) is 4.74 Å². The fourth-order valence-corrected chi connectivity index (χ4v) is 2.80. The highest BCUT2D eigenvalue weighted by molar-refractivity contribution is 5.94. The molecule has 2 unspecified atom stereocenters. The number of carboxylic acids is 1. The van der Waals surface area contributed by atoms with E-state index in [1.807, 2.05) is 19.1 Å². The molecule has 7 heteroatoms. The number of carbonyl (C=O) groups excluding carboxylic acids is 2. The third kappa shape index (κ3) is 5.47. The Morgan fingerprint density at radius 3 is 2.81 bits per heavy atom. The lowest BCUT2D eigenvalue weighted by Gasteiger charge is -2.20. The van der Waals surface area contributed by atoms with Gasteiger partial charge in [0.2, 0.25) is 11.8 Å². The molecule has 26 heavy (non-hydrogen) atoms. The van der Waals surface area contributed by atoms with Crippen molar-refractivity contribution >= 4 is 23.5 Å². The smallest absolute Gasteiger partial charge is 0.326 e. The Morgan fingerprint density at radius 1 is 1.35 bits per heavy atom. The molecule has 2 amide bonds. The molecule has 1 aliphatic heterocycles. The number of hydrogen-bond donors (Lipinski definition) is 3. The van der Waals surface area contributed by atoms with Crippen molar-refractivity contribution < 1.29 is 24.2 Å². The standard InChI is InChI=1S/C19H26N2O5/c1-3-12(2)18(19(24)25)21-16(22)5-4-10-26-14-7-8-15-13(11-14)6-9-17(23)20-15/h7-8,11-12,18H,3-6,9-10H2,1-2H3,(H,20,23)(H,21,22)(H,24,25). The first-order valence-corrected chi connectivity index (χ1v) is 8.98. The van der Waals surface area contributed by atoms with E-state index < -0.39 is 12.0 Å². The van der Waals surface area contributed by atoms with Crippen molar-refractivity contribution in [2.24, 2.45) is 5.92 Å². The fourth-order valence-electron chi connectivity index (χ4n) is 2.80. The van der Waals surface area contributed by atoms with E-state index in [-0.39, 0.29) is 24.2 Å². The van der Waals surface area contributed by atoms with Gasteiger partial charge in [0.1, 0.15) is 11.8 Å². The van der Waals surface area contributed by atoms with Gasteiger partial charge in [-0.3, -0.25) is 9.59 Å². The predicted molar refractivity (Wildman–Crippen MR) is 97.1 cm³/mol. The summed E-state index contributed by atoms with van der Waals surface area (Å²) in [6.45, 7) is 4.06. The van der Waals surface area contributed by atoms with Crippen molar-refractivity contribution in [1.82, 2.24) is 5.32 Å². The van der Waals surface area contributed by atoms with Crippen LogP contribution in [-0.4, -0.2) is 35.5 Å². The maximum absolute atomic E-state index is 11.9. The van der Waals surface area contributed by atoms with Gasteiger partial charge in [-0.1, -0.05) is 20.3 Å². The molecule has 0 saturated carbocycles. The average Bonchev–Trinajstić information content (AvgIpc) is 2.62. The van der Waals surface area contributed by atoms with Crippen molar-refractivity contribution in [2.75, 3.05) is 11.9 Å². The van der Waals surface area contributed by atoms with Crippen LogP contribution in [0.4, 0.5) is 5.69 Å². The molecule has 0 fully saturated rings. The van der Waals surface area contributed by atoms with Gasteiger partial charge in [0.15, 0.2) is 0 Å². The Hall–Kier alpha value is -2.57. The van der Waals surface area contributed by atoms with Gasteiger partial charge in [0, 0.05) is 18.5 Å². The monoisotopic (exact) mass is 362 g/mol. The number of benzene rings is 1. The predicted octanol–water partition coefficient (Wildman–Crippen LogP) is 2.35. The SMILES string of the molecule is CCC(C)C(NC(=O)CCCOc1ccc2c(c1)CCC(=O)N2)C(=O)O. The molecule has 7 nitrogen and oxygen atoms in total. The Morgan fingerprint density at radius 2 is 2.12 bits per heavy atom. The first kappa shape index (κ1) is 19.8. The lowest BCUT2D eigenvalue weighted by atomic mass is 9.99. The number of anilines is 1. The third-order valence-electron chi connectivity index (χ3n) is 4.58. The third-order valence-corrected chi connectivity index (χ3v) is 4.58. The Labute approximate surface area is 153 Å². The van der Waals surface area contributed by atoms with Gasteiger partial charge in [0.25, 0.3) is 0 Å². The molecule has 0 saturated heterocycles. The van der Waals surface area contributed by atoms with Gasteiger partial charge < -0.3 is 20.5 Å². The Balaban J connectivity index is 1.75. The number of carboxylic acid groups (broad SMARTS) is 1. The van der Waals surface area contributed by atoms with E-state index in [1.54, 1.807) is 13.0 Å². The highest BCUT2D eigenvalue weighted by Crippen LogP contribution is 2.26. The average molecular weight is 362 g/mol. The number of aliphatic carboxylic acids is 1. The summed E-state index contributed by atoms with van der Waals surface area (Å²) in [4.78, 5) is 34.5. The zero-order valence-electron chi connectivity index (χ0n) is 15.2. The van der Waals surface area contributed by atoms with E-state index in [2.05, 4.69) is 10.6 Å². The number of amides is 2. The van der Waals surface area contributed by atoms with Crippen LogP contribution in [0.5, 0.6) is 5.75 Å². The van der Waals surface area contributed by atoms with Crippen molar-refractivity contribution in [3.8, 4) is 5.75 Å². The van der Waals surface area contributed by atoms with Crippen LogP contribution in [0.1, 0.15) is 45.1 Å². The summed E-state index contributed by atoms with van der Waals surface area (Å²) in [6.07, 6.45) is 2.54. The molecular formula is C19H26N2O5. The second-order valence-electron chi connectivity index (χ2n) is 6.59. The van der Waals surface area contributed by atoms with E-state index in [0.29, 0.717) is 38.0 Å². The van der Waals surface area contributed by atoms with E-state index in [0.717, 1.165) is 11.3 Å². The second kappa shape index (κ2) is 9.22. The van der Waals surface area contributed by atoms with Crippen LogP contribution in [0.25, 0.3) is 0 Å². The fraction of sp³-hybridized carbons (Fsp3) is 0.526. The molecule has 1 aromatic carbocycles. The molecule has 1 aromatic rings. The summed E-state index contributed by atoms with van der Waals surface area (Å²) in [5, 5.41) is 14.6. The minimum Gasteiger partial charge on any atom is -0.494 e. The zero-order chi connectivity index (χ0) is 19.1. The van der Waals surface area contributed by atoms with Gasteiger partial charge in [0.05, 0.1) is 6.61 Å². The van der Waals surface area contributed by atoms with Crippen LogP contribution < -0.4 is 15.4 Å². The summed E-state index contributed by atoms with van der Waals surface area (Å²) in [5.74, 6) is -0.694. The maximum atomic E-state index is 11.9. The minimum atomic E-state index is -1.01. The highest BCUT2D eigenvalue weighted by Gasteiger charge is 2.24. The first-order chi connectivity index (χ1) is 12.4. The lowest BCUT2D eigenvalue weighted by Crippen LogP contribution is -2.45. The maximum Gasteiger partial charge on any atom is 0.326 e. The van der Waals surface area contributed by atoms with Gasteiger partial charge in [-0.25, -0.2) is 4.79 Å². The Kier molecular flexibility index (Phi) is 7.00. The zero-order valence-corrected chi connectivity index (χ0v) is 15.2. The Bertz CT molecular complexity index is 674. The molecule has 0 aromatic heterocycles. The number of rotatable bonds is 9. The van der Waals surface area contributed by atoms with Crippen molar-refractivity contribution in [3.05, 3.63) is 23.8 Å². The number of hydrogen-bond acceptors (Lipinski definition) is 4. The van der Waals surface area contributed by atoms with Crippen molar-refractivity contribution in [1.29, 1.82) is 0 Å². The minimum absolute atomic E-state index is 0.0224. The number of ether oxygens (including phenoxy) is 1. The van der Waals surface area contributed by atoms with Gasteiger partial charge in [-0.2, -0.15) is 0 Å². The van der Waals surface area contributed by atoms with Crippen LogP contribution in [0.3, 0.4) is 0 Å². The van der Waals surface area contributed by atoms with E-state index >= 15 is 0 Å². The molecule has 0 radical (unpaired) electrons. The molecule has 0 bridgehead atoms. The number of nitrogens with one attached hydrogen (secondary N) is 2. The van der Waals surface area contributed by atoms with Gasteiger partial charge in [-0.15, -0.1) is 0 Å². The topological polar surface area (TPSA) is 105 Å². The van der Waals surface area contributed by atoms with Crippen molar-refractivity contribution in [2.45, 2.75) is 52.0 Å². The number of aryl methyl sites for hydroxylation is 1. The molecule has 0 aliphatic carbocycles. The second-order valence-corrected chi connectivity index (χ2v) is 6.59. The van der Waals surface area contributed by atoms with E-state index in [9.17, 15) is 19.5 Å². The molecule has 2 rings (SSSR count). The van der Waals surface area contributed by atoms with Crippen LogP contribution >= 0.6 is 0 Å². The van der Waals surface area contributed by atoms with Crippen LogP contribution in [0.15, 0.2) is 18.2 Å². The summed E-state index contributed by atoms with van der Waals surface area (Å²) in [7, 11) is 0. The molecule has 142 valence electrons. The van der Waals surface area contributed by atoms with E-state index in [1.165, 1.54) is 0 Å². The van der Waals surface area contributed by atoms with Crippen molar-refractivity contribution in [3.63, 3.8) is 0 Å². The van der Waals surface area contributed by atoms with Crippen LogP contribution in [0, 0.1) is 5.92 Å². The number of carbonyl (C=O) groups is 3. The molecule has 2 atom stereocenters.